The second-order valence-electron chi connectivity index (χ2n) is 3.47. The molecule has 0 atom stereocenters. The van der Waals surface area contributed by atoms with E-state index in [4.69, 9.17) is 15.1 Å². The molecule has 1 aromatic carbocycles. The van der Waals surface area contributed by atoms with Crippen LogP contribution in [0.2, 0.25) is 0 Å². The van der Waals surface area contributed by atoms with E-state index in [0.29, 0.717) is 13.0 Å². The molecule has 0 aliphatic rings. The van der Waals surface area contributed by atoms with E-state index in [1.54, 1.807) is 6.07 Å². The molecule has 17 heavy (non-hydrogen) atoms. The van der Waals surface area contributed by atoms with Gasteiger partial charge in [-0.1, -0.05) is 0 Å². The van der Waals surface area contributed by atoms with Gasteiger partial charge in [0.15, 0.2) is 0 Å². The van der Waals surface area contributed by atoms with E-state index < -0.39 is 11.6 Å². The first kappa shape index (κ1) is 13.6. The summed E-state index contributed by atoms with van der Waals surface area (Å²) < 4.78 is 31.9. The molecule has 0 saturated carbocycles. The number of nitriles is 1. The van der Waals surface area contributed by atoms with Crippen LogP contribution < -0.4 is 0 Å². The van der Waals surface area contributed by atoms with E-state index in [1.165, 1.54) is 0 Å². The van der Waals surface area contributed by atoms with Crippen molar-refractivity contribution in [3.63, 3.8) is 0 Å². The van der Waals surface area contributed by atoms with Crippen molar-refractivity contribution in [1.29, 1.82) is 5.26 Å². The summed E-state index contributed by atoms with van der Waals surface area (Å²) >= 11 is 0. The summed E-state index contributed by atoms with van der Waals surface area (Å²) in [6.45, 7) is 0.565. The van der Waals surface area contributed by atoms with Crippen molar-refractivity contribution >= 4 is 0 Å². The fourth-order valence-corrected chi connectivity index (χ4v) is 1.35. The lowest BCUT2D eigenvalue weighted by molar-refractivity contribution is 0.117. The Bertz CT molecular complexity index is 392. The average Bonchev–Trinajstić information content (AvgIpc) is 2.31. The summed E-state index contributed by atoms with van der Waals surface area (Å²) in [5.74, 6) is -1.46. The van der Waals surface area contributed by atoms with Gasteiger partial charge in [0.25, 0.3) is 0 Å². The van der Waals surface area contributed by atoms with Crippen LogP contribution >= 0.6 is 0 Å². The summed E-state index contributed by atoms with van der Waals surface area (Å²) in [6.07, 6.45) is 0.604. The molecule has 1 N–H and O–H groups in total. The van der Waals surface area contributed by atoms with Crippen LogP contribution in [0.3, 0.4) is 0 Å². The average molecular weight is 241 g/mol. The van der Waals surface area contributed by atoms with Gasteiger partial charge in [-0.15, -0.1) is 0 Å². The van der Waals surface area contributed by atoms with Crippen molar-refractivity contribution in [2.75, 3.05) is 19.8 Å². The van der Waals surface area contributed by atoms with Crippen molar-refractivity contribution in [2.24, 2.45) is 0 Å². The van der Waals surface area contributed by atoms with Crippen LogP contribution in [0.15, 0.2) is 12.1 Å². The SMILES string of the molecule is N#Cc1cc(F)c(CCOCCCO)c(F)c1. The van der Waals surface area contributed by atoms with Crippen molar-refractivity contribution in [1.82, 2.24) is 0 Å². The predicted octanol–water partition coefficient (Wildman–Crippen LogP) is 1.78. The molecule has 92 valence electrons. The first-order valence-corrected chi connectivity index (χ1v) is 5.25. The number of nitrogens with zero attached hydrogens (tertiary/aromatic N) is 1. The standard InChI is InChI=1S/C12H13F2NO2/c13-11-6-9(8-15)7-12(14)10(11)2-5-17-4-1-3-16/h6-7,16H,1-5H2. The van der Waals surface area contributed by atoms with E-state index in [9.17, 15) is 8.78 Å². The molecule has 0 unspecified atom stereocenters. The zero-order valence-corrected chi connectivity index (χ0v) is 9.25. The maximum atomic E-state index is 13.4. The molecular formula is C12H13F2NO2. The topological polar surface area (TPSA) is 53.2 Å². The van der Waals surface area contributed by atoms with Crippen molar-refractivity contribution < 1.29 is 18.6 Å². The predicted molar refractivity (Wildman–Crippen MR) is 57.3 cm³/mol. The zero-order chi connectivity index (χ0) is 12.7. The number of benzene rings is 1. The third-order valence-corrected chi connectivity index (χ3v) is 2.21. The lowest BCUT2D eigenvalue weighted by Gasteiger charge is -2.06. The number of aliphatic hydroxyl groups is 1. The minimum absolute atomic E-state index is 0.0274. The van der Waals surface area contributed by atoms with Crippen LogP contribution in [-0.4, -0.2) is 24.9 Å². The minimum atomic E-state index is -0.729. The molecule has 0 radical (unpaired) electrons. The Hall–Kier alpha value is -1.51. The maximum Gasteiger partial charge on any atom is 0.130 e. The smallest absolute Gasteiger partial charge is 0.130 e. The molecular weight excluding hydrogens is 228 g/mol. The fraction of sp³-hybridized carbons (Fsp3) is 0.417. The monoisotopic (exact) mass is 241 g/mol. The molecule has 0 fully saturated rings. The Morgan fingerprint density at radius 1 is 1.24 bits per heavy atom. The Morgan fingerprint density at radius 3 is 2.41 bits per heavy atom. The van der Waals surface area contributed by atoms with Gasteiger partial charge in [-0.3, -0.25) is 0 Å². The third-order valence-electron chi connectivity index (χ3n) is 2.21. The highest BCUT2D eigenvalue weighted by Gasteiger charge is 2.10. The molecule has 0 bridgehead atoms. The van der Waals surface area contributed by atoms with Gasteiger partial charge in [-0.25, -0.2) is 8.78 Å². The molecule has 0 saturated heterocycles. The van der Waals surface area contributed by atoms with Crippen LogP contribution in [0, 0.1) is 23.0 Å². The van der Waals surface area contributed by atoms with Crippen molar-refractivity contribution in [2.45, 2.75) is 12.8 Å². The minimum Gasteiger partial charge on any atom is -0.396 e. The fourth-order valence-electron chi connectivity index (χ4n) is 1.35. The second kappa shape index (κ2) is 6.94. The highest BCUT2D eigenvalue weighted by atomic mass is 19.1. The number of halogens is 2. The van der Waals surface area contributed by atoms with E-state index in [-0.39, 0.29) is 30.8 Å². The normalized spacial score (nSPS) is 10.2. The molecule has 0 spiro atoms. The van der Waals surface area contributed by atoms with Gasteiger partial charge in [-0.05, 0) is 18.6 Å². The number of hydrogen-bond acceptors (Lipinski definition) is 3. The summed E-state index contributed by atoms with van der Waals surface area (Å²) in [4.78, 5) is 0. The second-order valence-corrected chi connectivity index (χ2v) is 3.47. The van der Waals surface area contributed by atoms with Crippen LogP contribution in [0.4, 0.5) is 8.78 Å². The zero-order valence-electron chi connectivity index (χ0n) is 9.25. The van der Waals surface area contributed by atoms with Gasteiger partial charge in [0.2, 0.25) is 0 Å². The van der Waals surface area contributed by atoms with Crippen molar-refractivity contribution in [3.05, 3.63) is 34.9 Å². The van der Waals surface area contributed by atoms with E-state index in [0.717, 1.165) is 12.1 Å². The van der Waals surface area contributed by atoms with Crippen LogP contribution in [0.1, 0.15) is 17.5 Å². The maximum absolute atomic E-state index is 13.4. The molecule has 0 aliphatic heterocycles. The molecule has 1 aromatic rings. The molecule has 1 rings (SSSR count). The molecule has 0 aromatic heterocycles. The molecule has 0 heterocycles. The van der Waals surface area contributed by atoms with Gasteiger partial charge < -0.3 is 9.84 Å². The lowest BCUT2D eigenvalue weighted by atomic mass is 10.1. The lowest BCUT2D eigenvalue weighted by Crippen LogP contribution is -2.05. The summed E-state index contributed by atoms with van der Waals surface area (Å²) in [6, 6.07) is 3.69. The van der Waals surface area contributed by atoms with Gasteiger partial charge in [0.05, 0.1) is 18.2 Å². The molecule has 0 amide bonds. The first-order chi connectivity index (χ1) is 8.19. The Labute approximate surface area is 98.3 Å². The van der Waals surface area contributed by atoms with Crippen LogP contribution in [0.25, 0.3) is 0 Å². The van der Waals surface area contributed by atoms with Gasteiger partial charge in [-0.2, -0.15) is 5.26 Å². The van der Waals surface area contributed by atoms with Gasteiger partial charge in [0.1, 0.15) is 11.6 Å². The largest absolute Gasteiger partial charge is 0.396 e. The summed E-state index contributed by atoms with van der Waals surface area (Å²) in [5, 5.41) is 17.0. The highest BCUT2D eigenvalue weighted by Crippen LogP contribution is 2.15. The van der Waals surface area contributed by atoms with Crippen LogP contribution in [0.5, 0.6) is 0 Å². The highest BCUT2D eigenvalue weighted by molar-refractivity contribution is 5.34. The summed E-state index contributed by atoms with van der Waals surface area (Å²) in [5.41, 5.74) is -0.113. The van der Waals surface area contributed by atoms with Gasteiger partial charge in [0, 0.05) is 25.2 Å². The number of aliphatic hydroxyl groups excluding tert-OH is 1. The van der Waals surface area contributed by atoms with E-state index >= 15 is 0 Å². The Balaban J connectivity index is 2.57. The summed E-state index contributed by atoms with van der Waals surface area (Å²) in [7, 11) is 0. The van der Waals surface area contributed by atoms with Crippen LogP contribution in [-0.2, 0) is 11.2 Å². The molecule has 3 nitrogen and oxygen atoms in total. The van der Waals surface area contributed by atoms with Crippen molar-refractivity contribution in [3.8, 4) is 6.07 Å². The third kappa shape index (κ3) is 4.10. The number of ether oxygens (including phenoxy) is 1. The Morgan fingerprint density at radius 2 is 1.88 bits per heavy atom. The Kier molecular flexibility index (Phi) is 5.53. The first-order valence-electron chi connectivity index (χ1n) is 5.25. The molecule has 0 aliphatic carbocycles. The number of rotatable bonds is 6. The van der Waals surface area contributed by atoms with Gasteiger partial charge >= 0.3 is 0 Å². The van der Waals surface area contributed by atoms with E-state index in [1.807, 2.05) is 0 Å². The number of hydrogen-bond donors (Lipinski definition) is 1. The molecule has 5 heteroatoms. The van der Waals surface area contributed by atoms with E-state index in [2.05, 4.69) is 0 Å². The quantitative estimate of drug-likeness (QED) is 0.772.